The Morgan fingerprint density at radius 2 is 2.08 bits per heavy atom. The first-order chi connectivity index (χ1) is 12.1. The van der Waals surface area contributed by atoms with Crippen molar-refractivity contribution in [3.05, 3.63) is 48.3 Å². The number of aromatic nitrogens is 2. The Hall–Kier alpha value is -2.34. The summed E-state index contributed by atoms with van der Waals surface area (Å²) >= 11 is 0. The molecule has 0 unspecified atom stereocenters. The van der Waals surface area contributed by atoms with Crippen LogP contribution in [-0.2, 0) is 11.8 Å². The molecule has 0 spiro atoms. The maximum atomic E-state index is 12.1. The Morgan fingerprint density at radius 1 is 1.28 bits per heavy atom. The zero-order valence-corrected chi connectivity index (χ0v) is 14.9. The van der Waals surface area contributed by atoms with Crippen molar-refractivity contribution in [1.29, 1.82) is 0 Å². The van der Waals surface area contributed by atoms with Gasteiger partial charge in [0.2, 0.25) is 0 Å². The number of nitrogens with zero attached hydrogens (tertiary/aromatic N) is 3. The zero-order chi connectivity index (χ0) is 17.6. The lowest BCUT2D eigenvalue weighted by molar-refractivity contribution is -0.123. The third kappa shape index (κ3) is 4.39. The van der Waals surface area contributed by atoms with E-state index in [0.29, 0.717) is 18.2 Å². The number of carbonyl (C=O) groups excluding carboxylic acids is 1. The highest BCUT2D eigenvalue weighted by Crippen LogP contribution is 2.34. The molecule has 25 heavy (non-hydrogen) atoms. The molecule has 2 aromatic rings. The summed E-state index contributed by atoms with van der Waals surface area (Å²) in [4.78, 5) is 14.5. The second-order valence-corrected chi connectivity index (χ2v) is 6.61. The highest BCUT2D eigenvalue weighted by atomic mass is 16.5. The number of benzene rings is 1. The van der Waals surface area contributed by atoms with Crippen LogP contribution in [0.25, 0.3) is 0 Å². The van der Waals surface area contributed by atoms with Gasteiger partial charge in [-0.05, 0) is 50.6 Å². The molecule has 134 valence electrons. The van der Waals surface area contributed by atoms with Gasteiger partial charge in [0.05, 0.1) is 11.7 Å². The molecule has 0 aliphatic carbocycles. The van der Waals surface area contributed by atoms with Crippen LogP contribution >= 0.6 is 0 Å². The van der Waals surface area contributed by atoms with Crippen molar-refractivity contribution in [2.45, 2.75) is 18.9 Å². The molecule has 1 saturated heterocycles. The van der Waals surface area contributed by atoms with E-state index in [2.05, 4.69) is 28.4 Å². The molecule has 2 atom stereocenters. The van der Waals surface area contributed by atoms with Crippen LogP contribution in [0.5, 0.6) is 5.75 Å². The van der Waals surface area contributed by atoms with Crippen molar-refractivity contribution < 1.29 is 9.53 Å². The van der Waals surface area contributed by atoms with Crippen LogP contribution in [0, 0.1) is 5.92 Å². The zero-order valence-electron chi connectivity index (χ0n) is 14.9. The van der Waals surface area contributed by atoms with Crippen LogP contribution in [0.15, 0.2) is 42.6 Å². The van der Waals surface area contributed by atoms with Gasteiger partial charge in [-0.25, -0.2) is 0 Å². The van der Waals surface area contributed by atoms with Gasteiger partial charge in [0.15, 0.2) is 6.61 Å². The van der Waals surface area contributed by atoms with Gasteiger partial charge in [0, 0.05) is 19.8 Å². The topological polar surface area (TPSA) is 59.4 Å². The summed E-state index contributed by atoms with van der Waals surface area (Å²) < 4.78 is 7.44. The largest absolute Gasteiger partial charge is 0.484 e. The van der Waals surface area contributed by atoms with Crippen LogP contribution in [0.4, 0.5) is 0 Å². The van der Waals surface area contributed by atoms with E-state index in [4.69, 9.17) is 4.74 Å². The molecular weight excluding hydrogens is 316 g/mol. The van der Waals surface area contributed by atoms with Crippen molar-refractivity contribution in [2.75, 3.05) is 26.7 Å². The number of piperidine rings is 1. The summed E-state index contributed by atoms with van der Waals surface area (Å²) in [6.07, 6.45) is 4.08. The fourth-order valence-electron chi connectivity index (χ4n) is 3.58. The summed E-state index contributed by atoms with van der Waals surface area (Å²) in [5.74, 6) is 0.999. The lowest BCUT2D eigenvalue weighted by Crippen LogP contribution is -2.43. The fraction of sp³-hybridized carbons (Fsp3) is 0.474. The van der Waals surface area contributed by atoms with Crippen molar-refractivity contribution in [2.24, 2.45) is 13.0 Å². The van der Waals surface area contributed by atoms with Gasteiger partial charge in [-0.15, -0.1) is 0 Å². The summed E-state index contributed by atoms with van der Waals surface area (Å²) in [5, 5.41) is 7.34. The second kappa shape index (κ2) is 8.16. The molecule has 1 aromatic carbocycles. The van der Waals surface area contributed by atoms with E-state index < -0.39 is 0 Å². The Morgan fingerprint density at radius 3 is 2.80 bits per heavy atom. The minimum absolute atomic E-state index is 0.0446. The number of nitrogens with one attached hydrogen (secondary N) is 1. The molecule has 1 amide bonds. The van der Waals surface area contributed by atoms with E-state index in [9.17, 15) is 4.79 Å². The van der Waals surface area contributed by atoms with Gasteiger partial charge in [-0.2, -0.15) is 5.10 Å². The van der Waals surface area contributed by atoms with Gasteiger partial charge in [0.1, 0.15) is 5.75 Å². The standard InChI is InChI=1S/C19H26N4O2/c1-22-12-6-7-15(19(22)17-10-11-21-23(17)2)13-20-18(24)14-25-16-8-4-3-5-9-16/h3-5,8-11,15,19H,6-7,12-14H2,1-2H3,(H,20,24)/t15-,19+/m0/s1. The van der Waals surface area contributed by atoms with Crippen molar-refractivity contribution in [1.82, 2.24) is 20.0 Å². The number of aryl methyl sites for hydroxylation is 1. The monoisotopic (exact) mass is 342 g/mol. The summed E-state index contributed by atoms with van der Waals surface area (Å²) in [5.41, 5.74) is 1.20. The van der Waals surface area contributed by atoms with E-state index in [1.165, 1.54) is 5.69 Å². The molecule has 2 heterocycles. The quantitative estimate of drug-likeness (QED) is 0.872. The lowest BCUT2D eigenvalue weighted by Gasteiger charge is -2.39. The first kappa shape index (κ1) is 17.5. The number of hydrogen-bond donors (Lipinski definition) is 1. The van der Waals surface area contributed by atoms with E-state index >= 15 is 0 Å². The third-order valence-corrected chi connectivity index (χ3v) is 4.84. The van der Waals surface area contributed by atoms with Crippen molar-refractivity contribution >= 4 is 5.91 Å². The van der Waals surface area contributed by atoms with E-state index in [-0.39, 0.29) is 18.6 Å². The first-order valence-electron chi connectivity index (χ1n) is 8.78. The molecule has 1 aliphatic rings. The number of hydrogen-bond acceptors (Lipinski definition) is 4. The van der Waals surface area contributed by atoms with Crippen LogP contribution < -0.4 is 10.1 Å². The van der Waals surface area contributed by atoms with Crippen molar-refractivity contribution in [3.63, 3.8) is 0 Å². The third-order valence-electron chi connectivity index (χ3n) is 4.84. The van der Waals surface area contributed by atoms with Gasteiger partial charge < -0.3 is 10.1 Å². The molecule has 6 nitrogen and oxygen atoms in total. The fourth-order valence-corrected chi connectivity index (χ4v) is 3.58. The van der Waals surface area contributed by atoms with Crippen LogP contribution in [0.2, 0.25) is 0 Å². The average Bonchev–Trinajstić information content (AvgIpc) is 3.04. The van der Waals surface area contributed by atoms with E-state index in [1.54, 1.807) is 0 Å². The summed E-state index contributed by atoms with van der Waals surface area (Å²) in [7, 11) is 4.12. The molecular formula is C19H26N4O2. The maximum absolute atomic E-state index is 12.1. The molecule has 0 bridgehead atoms. The van der Waals surface area contributed by atoms with Gasteiger partial charge in [0.25, 0.3) is 5.91 Å². The number of amides is 1. The SMILES string of the molecule is CN1CCC[C@@H](CNC(=O)COc2ccccc2)[C@@H]1c1ccnn1C. The Kier molecular flexibility index (Phi) is 5.71. The molecule has 3 rings (SSSR count). The summed E-state index contributed by atoms with van der Waals surface area (Å²) in [6.45, 7) is 1.76. The van der Waals surface area contributed by atoms with E-state index in [0.717, 1.165) is 19.4 Å². The highest BCUT2D eigenvalue weighted by Gasteiger charge is 2.32. The van der Waals surface area contributed by atoms with Crippen molar-refractivity contribution in [3.8, 4) is 5.75 Å². The Labute approximate surface area is 148 Å². The molecule has 0 radical (unpaired) electrons. The molecule has 1 aliphatic heterocycles. The second-order valence-electron chi connectivity index (χ2n) is 6.61. The van der Waals surface area contributed by atoms with Crippen LogP contribution in [0.1, 0.15) is 24.6 Å². The highest BCUT2D eigenvalue weighted by molar-refractivity contribution is 5.77. The normalized spacial score (nSPS) is 21.0. The minimum atomic E-state index is -0.0826. The summed E-state index contributed by atoms with van der Waals surface area (Å²) in [6, 6.07) is 11.7. The maximum Gasteiger partial charge on any atom is 0.257 e. The predicted octanol–water partition coefficient (Wildman–Crippen LogP) is 2.00. The number of ether oxygens (including phenoxy) is 1. The molecule has 6 heteroatoms. The van der Waals surface area contributed by atoms with Crippen LogP contribution in [-0.4, -0.2) is 47.3 Å². The van der Waals surface area contributed by atoms with E-state index in [1.807, 2.05) is 48.3 Å². The minimum Gasteiger partial charge on any atom is -0.484 e. The predicted molar refractivity (Wildman–Crippen MR) is 96.2 cm³/mol. The number of rotatable bonds is 6. The van der Waals surface area contributed by atoms with Gasteiger partial charge >= 0.3 is 0 Å². The lowest BCUT2D eigenvalue weighted by atomic mass is 9.87. The van der Waals surface area contributed by atoms with Gasteiger partial charge in [-0.1, -0.05) is 18.2 Å². The molecule has 1 N–H and O–H groups in total. The molecule has 1 fully saturated rings. The Bertz CT molecular complexity index is 686. The van der Waals surface area contributed by atoms with Crippen LogP contribution in [0.3, 0.4) is 0 Å². The number of carbonyl (C=O) groups is 1. The first-order valence-corrected chi connectivity index (χ1v) is 8.78. The number of para-hydroxylation sites is 1. The molecule has 1 aromatic heterocycles. The average molecular weight is 342 g/mol. The van der Waals surface area contributed by atoms with Gasteiger partial charge in [-0.3, -0.25) is 14.4 Å². The molecule has 0 saturated carbocycles. The number of likely N-dealkylation sites (tertiary alicyclic amines) is 1. The Balaban J connectivity index is 1.55. The smallest absolute Gasteiger partial charge is 0.257 e.